The second-order valence-electron chi connectivity index (χ2n) is 9.13. The number of nitrogens with zero attached hydrogens (tertiary/aromatic N) is 3. The highest BCUT2D eigenvalue weighted by atomic mass is 35.5. The maximum absolute atomic E-state index is 6.54. The molecule has 5 heteroatoms. The normalized spacial score (nSPS) is 18.8. The van der Waals surface area contributed by atoms with Crippen LogP contribution < -0.4 is 5.32 Å². The van der Waals surface area contributed by atoms with Crippen LogP contribution in [0.3, 0.4) is 0 Å². The van der Waals surface area contributed by atoms with Crippen molar-refractivity contribution in [1.29, 1.82) is 0 Å². The zero-order valence-electron chi connectivity index (χ0n) is 20.9. The highest BCUT2D eigenvalue weighted by Gasteiger charge is 2.32. The number of hydrogen-bond acceptors (Lipinski definition) is 3. The van der Waals surface area contributed by atoms with Crippen LogP contribution in [-0.2, 0) is 6.54 Å². The Balaban J connectivity index is 0.00000158. The molecule has 1 aliphatic carbocycles. The molecule has 0 radical (unpaired) electrons. The molecule has 1 fully saturated rings. The van der Waals surface area contributed by atoms with E-state index in [0.29, 0.717) is 11.8 Å². The van der Waals surface area contributed by atoms with E-state index in [0.717, 1.165) is 43.3 Å². The van der Waals surface area contributed by atoms with Gasteiger partial charge in [0.1, 0.15) is 0 Å². The second kappa shape index (κ2) is 12.2. The Hall–Kier alpha value is -2.61. The smallest absolute Gasteiger partial charge is 0.0951 e. The van der Waals surface area contributed by atoms with E-state index in [9.17, 15) is 0 Å². The molecule has 1 aromatic heterocycles. The molecule has 0 saturated carbocycles. The summed E-state index contributed by atoms with van der Waals surface area (Å²) >= 11 is 6.54. The van der Waals surface area contributed by atoms with Gasteiger partial charge in [-0.3, -0.25) is 4.99 Å². The second-order valence-corrected chi connectivity index (χ2v) is 9.57. The van der Waals surface area contributed by atoms with E-state index in [1.807, 2.05) is 19.5 Å². The van der Waals surface area contributed by atoms with Crippen molar-refractivity contribution in [2.45, 2.75) is 59.4 Å². The van der Waals surface area contributed by atoms with E-state index >= 15 is 0 Å². The van der Waals surface area contributed by atoms with Crippen LogP contribution in [-0.4, -0.2) is 35.4 Å². The molecule has 34 heavy (non-hydrogen) atoms. The van der Waals surface area contributed by atoms with Crippen molar-refractivity contribution >= 4 is 23.4 Å². The fraction of sp³-hybridized carbons (Fsp3) is 0.448. The summed E-state index contributed by atoms with van der Waals surface area (Å²) in [5, 5.41) is 4.34. The number of terminal acetylenes is 1. The predicted octanol–water partition coefficient (Wildman–Crippen LogP) is 6.38. The van der Waals surface area contributed by atoms with Crippen molar-refractivity contribution in [2.24, 2.45) is 10.9 Å². The van der Waals surface area contributed by atoms with Crippen LogP contribution in [0.5, 0.6) is 0 Å². The molecule has 1 aliphatic heterocycles. The Morgan fingerprint density at radius 3 is 2.59 bits per heavy atom. The number of halogens is 1. The minimum atomic E-state index is 0.388. The lowest BCUT2D eigenvalue weighted by Gasteiger charge is -2.34. The molecule has 0 spiro atoms. The first-order chi connectivity index (χ1) is 16.5. The lowest BCUT2D eigenvalue weighted by atomic mass is 9.74. The largest absolute Gasteiger partial charge is 0.334 e. The molecular weight excluding hydrogens is 440 g/mol. The molecule has 1 N–H and O–H groups in total. The zero-order valence-corrected chi connectivity index (χ0v) is 21.7. The molecule has 1 saturated heterocycles. The zero-order chi connectivity index (χ0) is 24.7. The summed E-state index contributed by atoms with van der Waals surface area (Å²) in [5.41, 5.74) is 9.26. The van der Waals surface area contributed by atoms with E-state index in [4.69, 9.17) is 11.6 Å². The van der Waals surface area contributed by atoms with Crippen molar-refractivity contribution in [3.05, 3.63) is 69.3 Å². The van der Waals surface area contributed by atoms with Crippen LogP contribution in [0.4, 0.5) is 0 Å². The molecule has 4 nitrogen and oxygen atoms in total. The molecule has 4 rings (SSSR count). The van der Waals surface area contributed by atoms with E-state index in [2.05, 4.69) is 77.8 Å². The average Bonchev–Trinajstić information content (AvgIpc) is 3.12. The monoisotopic (exact) mass is 476 g/mol. The van der Waals surface area contributed by atoms with Gasteiger partial charge in [-0.1, -0.05) is 23.7 Å². The van der Waals surface area contributed by atoms with E-state index in [1.54, 1.807) is 0 Å². The first kappa shape index (κ1) is 26.0. The lowest BCUT2D eigenvalue weighted by molar-refractivity contribution is 0.337. The van der Waals surface area contributed by atoms with Crippen LogP contribution >= 0.6 is 11.6 Å². The average molecular weight is 477 g/mol. The number of benzene rings is 1. The summed E-state index contributed by atoms with van der Waals surface area (Å²) in [6.45, 7) is 12.4. The Kier molecular flexibility index (Phi) is 9.33. The number of rotatable bonds is 6. The van der Waals surface area contributed by atoms with Crippen molar-refractivity contribution < 1.29 is 0 Å². The van der Waals surface area contributed by atoms with Gasteiger partial charge in [0, 0.05) is 23.2 Å². The molecule has 2 aromatic rings. The van der Waals surface area contributed by atoms with Gasteiger partial charge >= 0.3 is 0 Å². The fourth-order valence-corrected chi connectivity index (χ4v) is 5.46. The number of aryl methyl sites for hydroxylation is 2. The Morgan fingerprint density at radius 2 is 1.94 bits per heavy atom. The number of aliphatic imine (C=N–C) groups is 1. The minimum absolute atomic E-state index is 0.388. The molecule has 1 unspecified atom stereocenters. The minimum Gasteiger partial charge on any atom is -0.334 e. The van der Waals surface area contributed by atoms with E-state index in [1.165, 1.54) is 46.4 Å². The number of fused-ring (bicyclic) bond motifs is 1. The Labute approximate surface area is 210 Å². The fourth-order valence-electron chi connectivity index (χ4n) is 5.29. The Morgan fingerprint density at radius 1 is 1.21 bits per heavy atom. The van der Waals surface area contributed by atoms with Gasteiger partial charge in [-0.25, -0.2) is 4.98 Å². The molecule has 2 aliphatic rings. The summed E-state index contributed by atoms with van der Waals surface area (Å²) in [5.74, 6) is 1.01. The van der Waals surface area contributed by atoms with Crippen molar-refractivity contribution in [1.82, 2.24) is 14.9 Å². The molecule has 1 aromatic carbocycles. The van der Waals surface area contributed by atoms with Crippen LogP contribution in [0.1, 0.15) is 61.5 Å². The van der Waals surface area contributed by atoms with Gasteiger partial charge in [0.15, 0.2) is 0 Å². The van der Waals surface area contributed by atoms with Crippen LogP contribution in [0.25, 0.3) is 5.57 Å². The van der Waals surface area contributed by atoms with Crippen LogP contribution in [0.15, 0.2) is 46.7 Å². The maximum Gasteiger partial charge on any atom is 0.0951 e. The van der Waals surface area contributed by atoms with Gasteiger partial charge in [-0.15, -0.1) is 12.8 Å². The molecule has 0 amide bonds. The summed E-state index contributed by atoms with van der Waals surface area (Å²) in [6, 6.07) is 6.53. The van der Waals surface area contributed by atoms with Gasteiger partial charge in [-0.05, 0) is 112 Å². The molecular formula is C29H37ClN4. The van der Waals surface area contributed by atoms with Gasteiger partial charge in [0.05, 0.1) is 18.6 Å². The van der Waals surface area contributed by atoms with Crippen molar-refractivity contribution in [3.63, 3.8) is 0 Å². The van der Waals surface area contributed by atoms with E-state index < -0.39 is 0 Å². The van der Waals surface area contributed by atoms with Gasteiger partial charge in [-0.2, -0.15) is 0 Å². The van der Waals surface area contributed by atoms with Crippen molar-refractivity contribution in [2.75, 3.05) is 19.6 Å². The number of aromatic nitrogens is 2. The van der Waals surface area contributed by atoms with E-state index in [-0.39, 0.29) is 0 Å². The van der Waals surface area contributed by atoms with Gasteiger partial charge in [0.2, 0.25) is 0 Å². The predicted molar refractivity (Wildman–Crippen MR) is 146 cm³/mol. The first-order valence-corrected chi connectivity index (χ1v) is 12.5. The number of nitrogens with one attached hydrogen (secondary N) is 1. The third-order valence-corrected chi connectivity index (χ3v) is 7.47. The summed E-state index contributed by atoms with van der Waals surface area (Å²) in [7, 11) is 0. The molecule has 0 bridgehead atoms. The van der Waals surface area contributed by atoms with Crippen LogP contribution in [0.2, 0.25) is 5.02 Å². The summed E-state index contributed by atoms with van der Waals surface area (Å²) < 4.78 is 2.26. The SMILES string of the molecule is C#C.CC=NCC1=C(C)C=C(CCn2cnc(C)c2C)c2cc(Cl)ccc2C1C1CCNCC1. The maximum atomic E-state index is 6.54. The number of imidazole rings is 1. The standard InChI is InChI=1S/C27H35ClN4.C2H2/c1-5-29-16-26-18(2)14-22(10-13-32-17-31-19(3)20(32)4)25-15-23(28)6-7-24(25)27(26)21-8-11-30-12-9-21;1-2/h5-7,14-15,17,21,27,30H,8-13,16H2,1-4H3;1-2H. The summed E-state index contributed by atoms with van der Waals surface area (Å²) in [6.07, 6.45) is 17.6. The molecule has 1 atom stereocenters. The third-order valence-electron chi connectivity index (χ3n) is 7.24. The third kappa shape index (κ3) is 5.71. The highest BCUT2D eigenvalue weighted by molar-refractivity contribution is 6.30. The quantitative estimate of drug-likeness (QED) is 0.388. The topological polar surface area (TPSA) is 42.2 Å². The number of piperidine rings is 1. The van der Waals surface area contributed by atoms with Gasteiger partial charge in [0.25, 0.3) is 0 Å². The van der Waals surface area contributed by atoms with Gasteiger partial charge < -0.3 is 9.88 Å². The number of hydrogen-bond donors (Lipinski definition) is 1. The Bertz CT molecular complexity index is 1100. The summed E-state index contributed by atoms with van der Waals surface area (Å²) in [4.78, 5) is 9.17. The van der Waals surface area contributed by atoms with Crippen LogP contribution in [0, 0.1) is 32.6 Å². The van der Waals surface area contributed by atoms with Crippen molar-refractivity contribution in [3.8, 4) is 12.8 Å². The molecule has 180 valence electrons. The lowest BCUT2D eigenvalue weighted by Crippen LogP contribution is -2.32. The molecule has 2 heterocycles. The highest BCUT2D eigenvalue weighted by Crippen LogP contribution is 2.45. The first-order valence-electron chi connectivity index (χ1n) is 12.2. The number of allylic oxidation sites excluding steroid dienone is 3.